The van der Waals surface area contributed by atoms with Gasteiger partial charge >= 0.3 is 0 Å². The summed E-state index contributed by atoms with van der Waals surface area (Å²) >= 11 is 0. The molecule has 0 unspecified atom stereocenters. The van der Waals surface area contributed by atoms with Crippen molar-refractivity contribution in [3.63, 3.8) is 0 Å². The predicted octanol–water partition coefficient (Wildman–Crippen LogP) is 5.24. The number of rotatable bonds is 9. The molecule has 1 aliphatic rings. The van der Waals surface area contributed by atoms with Crippen LogP contribution < -0.4 is 5.32 Å². The van der Waals surface area contributed by atoms with E-state index in [0.29, 0.717) is 13.0 Å². The minimum Gasteiger partial charge on any atom is -0.352 e. The van der Waals surface area contributed by atoms with E-state index in [9.17, 15) is 9.59 Å². The first kappa shape index (κ1) is 23.7. The topological polar surface area (TPSA) is 49.4 Å². The third-order valence-corrected chi connectivity index (χ3v) is 6.61. The largest absolute Gasteiger partial charge is 0.352 e. The van der Waals surface area contributed by atoms with Gasteiger partial charge in [0.15, 0.2) is 0 Å². The van der Waals surface area contributed by atoms with Crippen LogP contribution >= 0.6 is 0 Å². The van der Waals surface area contributed by atoms with Crippen LogP contribution in [-0.4, -0.2) is 28.8 Å². The molecule has 4 rings (SSSR count). The Morgan fingerprint density at radius 2 is 1.47 bits per heavy atom. The summed E-state index contributed by atoms with van der Waals surface area (Å²) in [5.74, 6) is -0.0833. The van der Waals surface area contributed by atoms with Crippen molar-refractivity contribution in [2.75, 3.05) is 0 Å². The number of aryl methyl sites for hydroxylation is 1. The first-order valence-electron chi connectivity index (χ1n) is 12.3. The van der Waals surface area contributed by atoms with Crippen LogP contribution in [0.2, 0.25) is 0 Å². The first-order chi connectivity index (χ1) is 16.6. The molecule has 0 spiro atoms. The van der Waals surface area contributed by atoms with Crippen LogP contribution in [-0.2, 0) is 29.0 Å². The van der Waals surface area contributed by atoms with Gasteiger partial charge < -0.3 is 10.2 Å². The monoisotopic (exact) mass is 454 g/mol. The molecule has 1 fully saturated rings. The number of carbonyl (C=O) groups is 2. The highest BCUT2D eigenvalue weighted by Gasteiger charge is 2.32. The Kier molecular flexibility index (Phi) is 8.13. The minimum atomic E-state index is -0.570. The lowest BCUT2D eigenvalue weighted by atomic mass is 10.0. The fourth-order valence-corrected chi connectivity index (χ4v) is 4.80. The molecular formula is C30H34N2O2. The summed E-state index contributed by atoms with van der Waals surface area (Å²) in [4.78, 5) is 29.2. The SMILES string of the molecule is Cc1cccc(CN(C(=O)Cc2ccccc2)[C@H](Cc2ccccc2)C(=O)NC2CCCC2)c1. The van der Waals surface area contributed by atoms with Crippen molar-refractivity contribution in [1.82, 2.24) is 10.2 Å². The summed E-state index contributed by atoms with van der Waals surface area (Å²) in [7, 11) is 0. The van der Waals surface area contributed by atoms with Gasteiger partial charge in [0.05, 0.1) is 6.42 Å². The van der Waals surface area contributed by atoms with Crippen molar-refractivity contribution in [2.45, 2.75) is 64.1 Å². The standard InChI is InChI=1S/C30H34N2O2/c1-23-11-10-16-26(19-23)22-32(29(33)21-25-14-6-3-7-15-25)28(20-24-12-4-2-5-13-24)30(34)31-27-17-8-9-18-27/h2-7,10-16,19,27-28H,8-9,17-18,20-22H2,1H3,(H,31,34)/t28-/m1/s1. The summed E-state index contributed by atoms with van der Waals surface area (Å²) < 4.78 is 0. The highest BCUT2D eigenvalue weighted by atomic mass is 16.2. The zero-order valence-electron chi connectivity index (χ0n) is 20.0. The normalized spacial score (nSPS) is 14.5. The highest BCUT2D eigenvalue weighted by molar-refractivity contribution is 5.89. The van der Waals surface area contributed by atoms with E-state index < -0.39 is 6.04 Å². The van der Waals surface area contributed by atoms with Crippen molar-refractivity contribution in [2.24, 2.45) is 0 Å². The molecule has 0 bridgehead atoms. The summed E-state index contributed by atoms with van der Waals surface area (Å²) in [5.41, 5.74) is 4.18. The molecule has 176 valence electrons. The van der Waals surface area contributed by atoms with Crippen molar-refractivity contribution < 1.29 is 9.59 Å². The smallest absolute Gasteiger partial charge is 0.243 e. The van der Waals surface area contributed by atoms with Gasteiger partial charge in [-0.1, -0.05) is 103 Å². The van der Waals surface area contributed by atoms with Gasteiger partial charge in [-0.15, -0.1) is 0 Å². The van der Waals surface area contributed by atoms with E-state index in [1.807, 2.05) is 85.8 Å². The quantitative estimate of drug-likeness (QED) is 0.481. The number of carbonyl (C=O) groups excluding carboxylic acids is 2. The maximum Gasteiger partial charge on any atom is 0.243 e. The Bertz CT molecular complexity index is 1080. The van der Waals surface area contributed by atoms with Gasteiger partial charge in [-0.3, -0.25) is 9.59 Å². The van der Waals surface area contributed by atoms with Crippen LogP contribution in [0.25, 0.3) is 0 Å². The van der Waals surface area contributed by atoms with Crippen LogP contribution in [0, 0.1) is 6.92 Å². The molecule has 3 aromatic carbocycles. The molecule has 0 radical (unpaired) electrons. The van der Waals surface area contributed by atoms with Gasteiger partial charge in [0.2, 0.25) is 11.8 Å². The Labute approximate surface area is 203 Å². The number of amides is 2. The van der Waals surface area contributed by atoms with E-state index in [4.69, 9.17) is 0 Å². The van der Waals surface area contributed by atoms with Crippen molar-refractivity contribution >= 4 is 11.8 Å². The van der Waals surface area contributed by atoms with E-state index >= 15 is 0 Å². The number of hydrogen-bond donors (Lipinski definition) is 1. The lowest BCUT2D eigenvalue weighted by Crippen LogP contribution is -2.52. The molecule has 4 heteroatoms. The number of nitrogens with zero attached hydrogens (tertiary/aromatic N) is 1. The highest BCUT2D eigenvalue weighted by Crippen LogP contribution is 2.21. The van der Waals surface area contributed by atoms with Crippen LogP contribution in [0.15, 0.2) is 84.9 Å². The molecule has 4 nitrogen and oxygen atoms in total. The molecular weight excluding hydrogens is 420 g/mol. The Morgan fingerprint density at radius 1 is 0.853 bits per heavy atom. The van der Waals surface area contributed by atoms with Crippen molar-refractivity contribution in [1.29, 1.82) is 0 Å². The molecule has 1 aliphatic carbocycles. The van der Waals surface area contributed by atoms with Crippen molar-refractivity contribution in [3.8, 4) is 0 Å². The molecule has 34 heavy (non-hydrogen) atoms. The molecule has 0 aromatic heterocycles. The van der Waals surface area contributed by atoms with E-state index in [2.05, 4.69) is 11.4 Å². The minimum absolute atomic E-state index is 0.0322. The molecule has 1 saturated carbocycles. The maximum absolute atomic E-state index is 13.7. The summed E-state index contributed by atoms with van der Waals surface area (Å²) in [6, 6.07) is 27.6. The fourth-order valence-electron chi connectivity index (χ4n) is 4.80. The molecule has 0 aliphatic heterocycles. The van der Waals surface area contributed by atoms with Crippen LogP contribution in [0.4, 0.5) is 0 Å². The van der Waals surface area contributed by atoms with E-state index in [1.165, 1.54) is 0 Å². The summed E-state index contributed by atoms with van der Waals surface area (Å²) in [6.45, 7) is 2.46. The number of benzene rings is 3. The molecule has 1 N–H and O–H groups in total. The van der Waals surface area contributed by atoms with Gasteiger partial charge in [0, 0.05) is 19.0 Å². The van der Waals surface area contributed by atoms with E-state index in [-0.39, 0.29) is 24.3 Å². The van der Waals surface area contributed by atoms with Gasteiger partial charge in [-0.25, -0.2) is 0 Å². The third kappa shape index (κ3) is 6.57. The van der Waals surface area contributed by atoms with Gasteiger partial charge in [0.25, 0.3) is 0 Å². The molecule has 2 amide bonds. The van der Waals surface area contributed by atoms with Crippen LogP contribution in [0.5, 0.6) is 0 Å². The second-order valence-electron chi connectivity index (χ2n) is 9.37. The second-order valence-corrected chi connectivity index (χ2v) is 9.37. The first-order valence-corrected chi connectivity index (χ1v) is 12.3. The molecule has 0 heterocycles. The average molecular weight is 455 g/mol. The van der Waals surface area contributed by atoms with Crippen LogP contribution in [0.3, 0.4) is 0 Å². The van der Waals surface area contributed by atoms with Gasteiger partial charge in [-0.05, 0) is 36.5 Å². The lowest BCUT2D eigenvalue weighted by molar-refractivity contribution is -0.141. The number of hydrogen-bond acceptors (Lipinski definition) is 2. The molecule has 0 saturated heterocycles. The van der Waals surface area contributed by atoms with Crippen LogP contribution in [0.1, 0.15) is 47.9 Å². The zero-order valence-corrected chi connectivity index (χ0v) is 20.0. The van der Waals surface area contributed by atoms with E-state index in [1.54, 1.807) is 4.90 Å². The summed E-state index contributed by atoms with van der Waals surface area (Å²) in [5, 5.41) is 3.26. The van der Waals surface area contributed by atoms with Gasteiger partial charge in [-0.2, -0.15) is 0 Å². The molecule has 3 aromatic rings. The lowest BCUT2D eigenvalue weighted by Gasteiger charge is -2.32. The third-order valence-electron chi connectivity index (χ3n) is 6.61. The Balaban J connectivity index is 1.65. The Hall–Kier alpha value is -3.40. The predicted molar refractivity (Wildman–Crippen MR) is 136 cm³/mol. The maximum atomic E-state index is 13.7. The Morgan fingerprint density at radius 3 is 2.12 bits per heavy atom. The fraction of sp³-hybridized carbons (Fsp3) is 0.333. The second kappa shape index (κ2) is 11.6. The number of nitrogens with one attached hydrogen (secondary N) is 1. The van der Waals surface area contributed by atoms with E-state index in [0.717, 1.165) is 47.9 Å². The summed E-state index contributed by atoms with van der Waals surface area (Å²) in [6.07, 6.45) is 5.09. The van der Waals surface area contributed by atoms with Gasteiger partial charge in [0.1, 0.15) is 6.04 Å². The average Bonchev–Trinajstić information content (AvgIpc) is 3.35. The molecule has 1 atom stereocenters. The zero-order chi connectivity index (χ0) is 23.8. The van der Waals surface area contributed by atoms with Crippen molar-refractivity contribution in [3.05, 3.63) is 107 Å².